The predicted molar refractivity (Wildman–Crippen MR) is 104 cm³/mol. The van der Waals surface area contributed by atoms with Gasteiger partial charge in [-0.2, -0.15) is 5.26 Å². The molecule has 1 aromatic rings. The first-order valence-corrected chi connectivity index (χ1v) is 9.98. The quantitative estimate of drug-likeness (QED) is 0.608. The van der Waals surface area contributed by atoms with Gasteiger partial charge in [0.05, 0.1) is 40.6 Å². The smallest absolute Gasteiger partial charge is 0.316 e. The molecule has 0 aliphatic carbocycles. The number of esters is 1. The summed E-state index contributed by atoms with van der Waals surface area (Å²) in [6, 6.07) is 5.38. The van der Waals surface area contributed by atoms with Gasteiger partial charge in [-0.25, -0.2) is 0 Å². The first-order chi connectivity index (χ1) is 12.9. The van der Waals surface area contributed by atoms with Crippen LogP contribution in [0.15, 0.2) is 27.2 Å². The van der Waals surface area contributed by atoms with Crippen molar-refractivity contribution in [2.75, 3.05) is 19.5 Å². The van der Waals surface area contributed by atoms with Gasteiger partial charge < -0.3 is 19.9 Å². The highest BCUT2D eigenvalue weighted by Crippen LogP contribution is 2.42. The number of methoxy groups -OCH3 is 1. The van der Waals surface area contributed by atoms with Gasteiger partial charge in [0.2, 0.25) is 5.91 Å². The number of hydrogen-bond acceptors (Lipinski definition) is 7. The fourth-order valence-corrected chi connectivity index (χ4v) is 3.89. The van der Waals surface area contributed by atoms with Gasteiger partial charge >= 0.3 is 5.97 Å². The van der Waals surface area contributed by atoms with Crippen LogP contribution in [0.5, 0.6) is 11.5 Å². The molecule has 1 aliphatic heterocycles. The van der Waals surface area contributed by atoms with E-state index in [2.05, 4.69) is 27.3 Å². The summed E-state index contributed by atoms with van der Waals surface area (Å²) in [6.07, 6.45) is 0.798. The molecule has 1 amide bonds. The van der Waals surface area contributed by atoms with Crippen LogP contribution in [0.1, 0.15) is 31.2 Å². The number of carbonyl (C=O) groups is 2. The van der Waals surface area contributed by atoms with Crippen LogP contribution in [0, 0.1) is 11.3 Å². The molecule has 0 saturated heterocycles. The first kappa shape index (κ1) is 21.1. The van der Waals surface area contributed by atoms with Crippen LogP contribution in [0.3, 0.4) is 0 Å². The Morgan fingerprint density at radius 2 is 2.26 bits per heavy atom. The number of hydrogen-bond donors (Lipinski definition) is 2. The molecule has 2 rings (SSSR count). The summed E-state index contributed by atoms with van der Waals surface area (Å²) in [5.41, 5.74) is 0.997. The fraction of sp³-hybridized carbons (Fsp3) is 0.389. The highest BCUT2D eigenvalue weighted by atomic mass is 79.9. The van der Waals surface area contributed by atoms with Gasteiger partial charge in [0.1, 0.15) is 0 Å². The molecular formula is C18H19BrN2O5S. The Bertz CT molecular complexity index is 819. The molecule has 1 atom stereocenters. The van der Waals surface area contributed by atoms with E-state index in [1.54, 1.807) is 12.1 Å². The molecule has 144 valence electrons. The molecule has 1 unspecified atom stereocenters. The number of phenolic OH excluding ortho intramolecular Hbond substituents is 1. The number of nitrogens with one attached hydrogen (secondary N) is 1. The van der Waals surface area contributed by atoms with Crippen molar-refractivity contribution in [2.24, 2.45) is 0 Å². The number of phenols is 1. The lowest BCUT2D eigenvalue weighted by Gasteiger charge is -2.25. The van der Waals surface area contributed by atoms with Gasteiger partial charge in [0.25, 0.3) is 0 Å². The van der Waals surface area contributed by atoms with Crippen LogP contribution in [0.4, 0.5) is 0 Å². The number of carbonyl (C=O) groups excluding carboxylic acids is 2. The van der Waals surface area contributed by atoms with E-state index in [0.717, 1.165) is 18.2 Å². The molecule has 0 spiro atoms. The molecule has 2 N–H and O–H groups in total. The molecule has 0 fully saturated rings. The van der Waals surface area contributed by atoms with E-state index in [1.807, 2.05) is 6.92 Å². The van der Waals surface area contributed by atoms with Gasteiger partial charge in [-0.1, -0.05) is 18.7 Å². The maximum absolute atomic E-state index is 12.2. The molecular weight excluding hydrogens is 436 g/mol. The van der Waals surface area contributed by atoms with Crippen molar-refractivity contribution in [3.05, 3.63) is 32.8 Å². The Morgan fingerprint density at radius 3 is 2.89 bits per heavy atom. The number of benzene rings is 1. The molecule has 1 heterocycles. The molecule has 1 aromatic carbocycles. The molecule has 9 heteroatoms. The van der Waals surface area contributed by atoms with E-state index in [-0.39, 0.29) is 29.6 Å². The number of halogens is 1. The van der Waals surface area contributed by atoms with Gasteiger partial charge in [-0.15, -0.1) is 0 Å². The van der Waals surface area contributed by atoms with Crippen LogP contribution in [0.2, 0.25) is 0 Å². The molecule has 7 nitrogen and oxygen atoms in total. The Kier molecular flexibility index (Phi) is 7.56. The molecule has 27 heavy (non-hydrogen) atoms. The third kappa shape index (κ3) is 5.17. The summed E-state index contributed by atoms with van der Waals surface area (Å²) >= 11 is 4.32. The van der Waals surface area contributed by atoms with Crippen LogP contribution < -0.4 is 10.1 Å². The van der Waals surface area contributed by atoms with Crippen molar-refractivity contribution in [1.29, 1.82) is 5.26 Å². The van der Waals surface area contributed by atoms with E-state index >= 15 is 0 Å². The van der Waals surface area contributed by atoms with Crippen LogP contribution in [-0.2, 0) is 14.3 Å². The highest BCUT2D eigenvalue weighted by Gasteiger charge is 2.31. The average molecular weight is 455 g/mol. The van der Waals surface area contributed by atoms with Crippen LogP contribution >= 0.6 is 27.7 Å². The van der Waals surface area contributed by atoms with Crippen molar-refractivity contribution >= 4 is 39.6 Å². The number of thioether (sulfide) groups is 1. The maximum atomic E-state index is 12.2. The van der Waals surface area contributed by atoms with Gasteiger partial charge in [0.15, 0.2) is 11.5 Å². The lowest BCUT2D eigenvalue weighted by molar-refractivity contribution is -0.140. The predicted octanol–water partition coefficient (Wildman–Crippen LogP) is 3.19. The monoisotopic (exact) mass is 454 g/mol. The topological polar surface area (TPSA) is 109 Å². The number of nitriles is 1. The number of rotatable bonds is 7. The summed E-state index contributed by atoms with van der Waals surface area (Å²) in [4.78, 5) is 23.9. The number of allylic oxidation sites excluding steroid dienone is 1. The van der Waals surface area contributed by atoms with Crippen molar-refractivity contribution in [3.63, 3.8) is 0 Å². The number of amides is 1. The standard InChI is InChI=1S/C18H19BrN2O5S/c1-3-4-26-16(23)9-27-18-12(8-20)11(7-15(22)21-18)10-5-13(19)17(24)14(6-10)25-2/h5-6,11,24H,3-4,7,9H2,1-2H3,(H,21,22). The van der Waals surface area contributed by atoms with Crippen molar-refractivity contribution in [2.45, 2.75) is 25.7 Å². The second-order valence-corrected chi connectivity index (χ2v) is 7.56. The SMILES string of the molecule is CCCOC(=O)CSC1=C(C#N)C(c2cc(Br)c(O)c(OC)c2)CC(=O)N1. The van der Waals surface area contributed by atoms with Crippen LogP contribution in [0.25, 0.3) is 0 Å². The van der Waals surface area contributed by atoms with E-state index in [4.69, 9.17) is 9.47 Å². The molecule has 1 aliphatic rings. The first-order valence-electron chi connectivity index (χ1n) is 8.20. The summed E-state index contributed by atoms with van der Waals surface area (Å²) in [7, 11) is 1.42. The zero-order valence-electron chi connectivity index (χ0n) is 14.9. The normalized spacial score (nSPS) is 16.5. The van der Waals surface area contributed by atoms with E-state index in [1.165, 1.54) is 7.11 Å². The van der Waals surface area contributed by atoms with E-state index in [0.29, 0.717) is 27.2 Å². The minimum atomic E-state index is -0.510. The third-order valence-corrected chi connectivity index (χ3v) is 5.43. The van der Waals surface area contributed by atoms with Gasteiger partial charge in [-0.3, -0.25) is 9.59 Å². The van der Waals surface area contributed by atoms with Crippen molar-refractivity contribution in [3.8, 4) is 17.6 Å². The van der Waals surface area contributed by atoms with Crippen molar-refractivity contribution in [1.82, 2.24) is 5.32 Å². The molecule has 0 radical (unpaired) electrons. The minimum Gasteiger partial charge on any atom is -0.503 e. The Hall–Kier alpha value is -2.18. The second kappa shape index (κ2) is 9.67. The number of aromatic hydroxyl groups is 1. The summed E-state index contributed by atoms with van der Waals surface area (Å²) < 4.78 is 10.6. The summed E-state index contributed by atoms with van der Waals surface area (Å²) in [5, 5.41) is 22.6. The Balaban J connectivity index is 2.33. The lowest BCUT2D eigenvalue weighted by Crippen LogP contribution is -2.31. The molecule has 0 aromatic heterocycles. The lowest BCUT2D eigenvalue weighted by atomic mass is 9.87. The minimum absolute atomic E-state index is 0.00386. The fourth-order valence-electron chi connectivity index (χ4n) is 2.56. The largest absolute Gasteiger partial charge is 0.503 e. The van der Waals surface area contributed by atoms with Gasteiger partial charge in [0, 0.05) is 12.3 Å². The number of nitrogens with zero attached hydrogens (tertiary/aromatic N) is 1. The van der Waals surface area contributed by atoms with E-state index < -0.39 is 11.9 Å². The van der Waals surface area contributed by atoms with E-state index in [9.17, 15) is 20.0 Å². The zero-order chi connectivity index (χ0) is 20.0. The summed E-state index contributed by atoms with van der Waals surface area (Å²) in [6.45, 7) is 2.23. The third-order valence-electron chi connectivity index (χ3n) is 3.83. The average Bonchev–Trinajstić information content (AvgIpc) is 2.66. The maximum Gasteiger partial charge on any atom is 0.316 e. The second-order valence-electron chi connectivity index (χ2n) is 5.72. The highest BCUT2D eigenvalue weighted by molar-refractivity contribution is 9.10. The zero-order valence-corrected chi connectivity index (χ0v) is 17.3. The van der Waals surface area contributed by atoms with Gasteiger partial charge in [-0.05, 0) is 40.0 Å². The number of ether oxygens (including phenoxy) is 2. The molecule has 0 bridgehead atoms. The van der Waals surface area contributed by atoms with Crippen LogP contribution in [-0.4, -0.2) is 36.5 Å². The summed E-state index contributed by atoms with van der Waals surface area (Å²) in [5.74, 6) is -1.000. The molecule has 0 saturated carbocycles. The Morgan fingerprint density at radius 1 is 1.52 bits per heavy atom. The van der Waals surface area contributed by atoms with Crippen molar-refractivity contribution < 1.29 is 24.2 Å². The Labute approximate surface area is 169 Å².